The number of hydrogen-bond acceptors (Lipinski definition) is 3. The van der Waals surface area contributed by atoms with Crippen LogP contribution in [0.15, 0.2) is 66.7 Å². The van der Waals surface area contributed by atoms with E-state index in [1.54, 1.807) is 12.1 Å². The van der Waals surface area contributed by atoms with Gasteiger partial charge in [-0.15, -0.1) is 0 Å². The standard InChI is InChI=1S/C30H34N4O3/c1-3-5-11-28-33-26-19-23(32-30(37)31-18-6-4-2)16-17-27(26)34(28)20-21-12-14-22(15-13-21)24-9-7-8-10-25(24)29(35)36/h7-10,12-17,19H,3-6,11,18,20H2,1-2H3,(H,35,36)(H2,31,32,37). The minimum Gasteiger partial charge on any atom is -0.478 e. The van der Waals surface area contributed by atoms with Gasteiger partial charge in [0.1, 0.15) is 5.82 Å². The van der Waals surface area contributed by atoms with Crippen molar-refractivity contribution in [2.75, 3.05) is 11.9 Å². The summed E-state index contributed by atoms with van der Waals surface area (Å²) in [6.07, 6.45) is 4.97. The number of carbonyl (C=O) groups is 2. The topological polar surface area (TPSA) is 96.3 Å². The van der Waals surface area contributed by atoms with E-state index < -0.39 is 5.97 Å². The fraction of sp³-hybridized carbons (Fsp3) is 0.300. The van der Waals surface area contributed by atoms with Crippen LogP contribution < -0.4 is 10.6 Å². The van der Waals surface area contributed by atoms with Gasteiger partial charge in [0.25, 0.3) is 0 Å². The number of aromatic nitrogens is 2. The predicted molar refractivity (Wildman–Crippen MR) is 148 cm³/mol. The quantitative estimate of drug-likeness (QED) is 0.200. The summed E-state index contributed by atoms with van der Waals surface area (Å²) in [5, 5.41) is 15.3. The molecular weight excluding hydrogens is 464 g/mol. The molecule has 0 aliphatic carbocycles. The molecule has 4 rings (SSSR count). The van der Waals surface area contributed by atoms with Crippen LogP contribution in [0.25, 0.3) is 22.2 Å². The molecular formula is C30H34N4O3. The number of nitrogens with one attached hydrogen (secondary N) is 2. The molecule has 0 saturated heterocycles. The van der Waals surface area contributed by atoms with Gasteiger partial charge in [0.05, 0.1) is 16.6 Å². The summed E-state index contributed by atoms with van der Waals surface area (Å²) < 4.78 is 2.23. The number of urea groups is 1. The summed E-state index contributed by atoms with van der Waals surface area (Å²) in [5.74, 6) is 0.0825. The number of aromatic carboxylic acids is 1. The lowest BCUT2D eigenvalue weighted by Gasteiger charge is -2.11. The minimum atomic E-state index is -0.933. The number of unbranched alkanes of at least 4 members (excludes halogenated alkanes) is 2. The Morgan fingerprint density at radius 2 is 1.70 bits per heavy atom. The Balaban J connectivity index is 1.58. The lowest BCUT2D eigenvalue weighted by Crippen LogP contribution is -2.29. The van der Waals surface area contributed by atoms with Gasteiger partial charge in [0.2, 0.25) is 0 Å². The van der Waals surface area contributed by atoms with Gasteiger partial charge in [-0.3, -0.25) is 0 Å². The van der Waals surface area contributed by atoms with E-state index in [1.807, 2.05) is 54.6 Å². The number of nitrogens with zero attached hydrogens (tertiary/aromatic N) is 2. The Labute approximate surface area is 217 Å². The van der Waals surface area contributed by atoms with Gasteiger partial charge in [-0.05, 0) is 53.8 Å². The molecule has 0 aliphatic rings. The SMILES string of the molecule is CCCCNC(=O)Nc1ccc2c(c1)nc(CCCC)n2Cc1ccc(-c2ccccc2C(=O)O)cc1. The van der Waals surface area contributed by atoms with Crippen molar-refractivity contribution in [3.05, 3.63) is 83.7 Å². The molecule has 192 valence electrons. The molecule has 3 aromatic carbocycles. The number of rotatable bonds is 11. The van der Waals surface area contributed by atoms with Crippen molar-refractivity contribution in [2.24, 2.45) is 0 Å². The third-order valence-corrected chi connectivity index (χ3v) is 6.42. The summed E-state index contributed by atoms with van der Waals surface area (Å²) >= 11 is 0. The van der Waals surface area contributed by atoms with E-state index in [4.69, 9.17) is 4.98 Å². The van der Waals surface area contributed by atoms with Crippen LogP contribution in [0, 0.1) is 0 Å². The number of imidazole rings is 1. The van der Waals surface area contributed by atoms with Crippen molar-refractivity contribution in [1.82, 2.24) is 14.9 Å². The highest BCUT2D eigenvalue weighted by molar-refractivity contribution is 5.96. The number of hydrogen-bond donors (Lipinski definition) is 3. The average Bonchev–Trinajstić information content (AvgIpc) is 3.24. The van der Waals surface area contributed by atoms with E-state index >= 15 is 0 Å². The van der Waals surface area contributed by atoms with Gasteiger partial charge in [-0.2, -0.15) is 0 Å². The molecule has 0 unspecified atom stereocenters. The first-order chi connectivity index (χ1) is 18.0. The highest BCUT2D eigenvalue weighted by Crippen LogP contribution is 2.26. The molecule has 7 nitrogen and oxygen atoms in total. The van der Waals surface area contributed by atoms with E-state index in [2.05, 4.69) is 29.0 Å². The molecule has 0 fully saturated rings. The number of fused-ring (bicyclic) bond motifs is 1. The van der Waals surface area contributed by atoms with Gasteiger partial charge < -0.3 is 20.3 Å². The zero-order valence-electron chi connectivity index (χ0n) is 21.5. The number of amides is 2. The predicted octanol–water partition coefficient (Wildman–Crippen LogP) is 6.71. The Morgan fingerprint density at radius 1 is 0.946 bits per heavy atom. The van der Waals surface area contributed by atoms with Crippen LogP contribution >= 0.6 is 0 Å². The maximum absolute atomic E-state index is 12.2. The number of aryl methyl sites for hydroxylation is 1. The maximum atomic E-state index is 12.2. The largest absolute Gasteiger partial charge is 0.478 e. The zero-order chi connectivity index (χ0) is 26.2. The molecule has 0 radical (unpaired) electrons. The van der Waals surface area contributed by atoms with Crippen LogP contribution in [0.5, 0.6) is 0 Å². The van der Waals surface area contributed by atoms with Gasteiger partial charge in [0, 0.05) is 25.2 Å². The molecule has 1 aromatic heterocycles. The second-order valence-corrected chi connectivity index (χ2v) is 9.20. The van der Waals surface area contributed by atoms with Crippen LogP contribution in [0.2, 0.25) is 0 Å². The minimum absolute atomic E-state index is 0.206. The summed E-state index contributed by atoms with van der Waals surface area (Å²) in [5.41, 5.74) is 5.56. The molecule has 0 atom stereocenters. The Kier molecular flexibility index (Phi) is 8.56. The molecule has 2 amide bonds. The van der Waals surface area contributed by atoms with Gasteiger partial charge in [-0.25, -0.2) is 14.6 Å². The molecule has 7 heteroatoms. The van der Waals surface area contributed by atoms with Gasteiger partial charge >= 0.3 is 12.0 Å². The van der Waals surface area contributed by atoms with Crippen LogP contribution in [0.3, 0.4) is 0 Å². The second-order valence-electron chi connectivity index (χ2n) is 9.20. The zero-order valence-corrected chi connectivity index (χ0v) is 21.5. The van der Waals surface area contributed by atoms with Crippen LogP contribution in [0.1, 0.15) is 61.3 Å². The van der Waals surface area contributed by atoms with Crippen LogP contribution in [0.4, 0.5) is 10.5 Å². The molecule has 4 aromatic rings. The fourth-order valence-corrected chi connectivity index (χ4v) is 4.41. The van der Waals surface area contributed by atoms with Crippen LogP contribution in [-0.4, -0.2) is 33.2 Å². The van der Waals surface area contributed by atoms with Gasteiger partial charge in [-0.1, -0.05) is 69.2 Å². The lowest BCUT2D eigenvalue weighted by molar-refractivity contribution is 0.0697. The second kappa shape index (κ2) is 12.2. The maximum Gasteiger partial charge on any atom is 0.336 e. The van der Waals surface area contributed by atoms with Gasteiger partial charge in [0.15, 0.2) is 0 Å². The highest BCUT2D eigenvalue weighted by atomic mass is 16.4. The Hall–Kier alpha value is -4.13. The summed E-state index contributed by atoms with van der Waals surface area (Å²) in [7, 11) is 0. The van der Waals surface area contributed by atoms with Crippen molar-refractivity contribution < 1.29 is 14.7 Å². The van der Waals surface area contributed by atoms with Crippen molar-refractivity contribution >= 4 is 28.7 Å². The van der Waals surface area contributed by atoms with E-state index in [0.717, 1.165) is 65.8 Å². The number of carboxylic acids is 1. The summed E-state index contributed by atoms with van der Waals surface area (Å²) in [4.78, 5) is 28.7. The summed E-state index contributed by atoms with van der Waals surface area (Å²) in [6, 6.07) is 20.7. The van der Waals surface area contributed by atoms with E-state index in [1.165, 1.54) is 0 Å². The first-order valence-corrected chi connectivity index (χ1v) is 13.0. The van der Waals surface area contributed by atoms with Crippen LogP contribution in [-0.2, 0) is 13.0 Å². The Bertz CT molecular complexity index is 1380. The number of carbonyl (C=O) groups excluding carboxylic acids is 1. The van der Waals surface area contributed by atoms with Crippen molar-refractivity contribution in [3.8, 4) is 11.1 Å². The molecule has 1 heterocycles. The normalized spacial score (nSPS) is 11.0. The van der Waals surface area contributed by atoms with E-state index in [-0.39, 0.29) is 6.03 Å². The average molecular weight is 499 g/mol. The highest BCUT2D eigenvalue weighted by Gasteiger charge is 2.14. The molecule has 0 spiro atoms. The third-order valence-electron chi connectivity index (χ3n) is 6.42. The monoisotopic (exact) mass is 498 g/mol. The summed E-state index contributed by atoms with van der Waals surface area (Å²) in [6.45, 7) is 5.56. The third kappa shape index (κ3) is 6.36. The first kappa shape index (κ1) is 25.9. The lowest BCUT2D eigenvalue weighted by atomic mass is 9.99. The molecule has 37 heavy (non-hydrogen) atoms. The van der Waals surface area contributed by atoms with Crippen molar-refractivity contribution in [3.63, 3.8) is 0 Å². The molecule has 3 N–H and O–H groups in total. The molecule has 0 aliphatic heterocycles. The first-order valence-electron chi connectivity index (χ1n) is 13.0. The number of anilines is 1. The van der Waals surface area contributed by atoms with E-state index in [0.29, 0.717) is 24.2 Å². The Morgan fingerprint density at radius 3 is 2.43 bits per heavy atom. The fourth-order valence-electron chi connectivity index (χ4n) is 4.41. The smallest absolute Gasteiger partial charge is 0.336 e. The molecule has 0 bridgehead atoms. The van der Waals surface area contributed by atoms with Crippen molar-refractivity contribution in [2.45, 2.75) is 52.5 Å². The van der Waals surface area contributed by atoms with Crippen molar-refractivity contribution in [1.29, 1.82) is 0 Å². The van der Waals surface area contributed by atoms with E-state index in [9.17, 15) is 14.7 Å². The molecule has 0 saturated carbocycles. The number of benzene rings is 3. The number of carboxylic acid groups (broad SMARTS) is 1.